The number of anilines is 1. The van der Waals surface area contributed by atoms with Crippen LogP contribution < -0.4 is 10.1 Å². The topological polar surface area (TPSA) is 130 Å². The number of carbonyl (C=O) groups is 2. The van der Waals surface area contributed by atoms with Crippen molar-refractivity contribution in [3.63, 3.8) is 0 Å². The molecular formula is C25H41NO7S. The van der Waals surface area contributed by atoms with Crippen molar-refractivity contribution in [2.75, 3.05) is 17.7 Å². The molecule has 0 aromatic heterocycles. The molecule has 0 spiro atoms. The largest absolute Gasteiger partial charge is 0.491 e. The average molecular weight is 500 g/mol. The molecule has 1 aromatic rings. The zero-order valence-electron chi connectivity index (χ0n) is 20.2. The maximum absolute atomic E-state index is 12.3. The molecule has 0 heterocycles. The number of carbonyl (C=O) groups excluding carboxylic acids is 1. The zero-order valence-corrected chi connectivity index (χ0v) is 21.0. The molecule has 1 aromatic carbocycles. The zero-order chi connectivity index (χ0) is 25.1. The molecule has 0 saturated heterocycles. The number of aliphatic carboxylic acids is 1. The van der Waals surface area contributed by atoms with Gasteiger partial charge in [0.2, 0.25) is 5.91 Å². The predicted octanol–water partition coefficient (Wildman–Crippen LogP) is 5.83. The Morgan fingerprint density at radius 2 is 1.29 bits per heavy atom. The number of nitrogens with one attached hydrogen (secondary N) is 1. The van der Waals surface area contributed by atoms with E-state index in [0.29, 0.717) is 43.7 Å². The van der Waals surface area contributed by atoms with Crippen LogP contribution in [-0.2, 0) is 19.7 Å². The maximum atomic E-state index is 12.3. The van der Waals surface area contributed by atoms with Crippen LogP contribution in [0.3, 0.4) is 0 Å². The van der Waals surface area contributed by atoms with E-state index in [-0.39, 0.29) is 18.1 Å². The smallest absolute Gasteiger partial charge is 0.303 e. The number of carboxylic acid groups (broad SMARTS) is 1. The molecule has 0 saturated carbocycles. The number of amides is 1. The Kier molecular flexibility index (Phi) is 16.0. The van der Waals surface area contributed by atoms with E-state index < -0.39 is 16.1 Å². The van der Waals surface area contributed by atoms with Crippen molar-refractivity contribution in [3.8, 4) is 5.75 Å². The summed E-state index contributed by atoms with van der Waals surface area (Å²) in [6.07, 6.45) is 12.9. The third kappa shape index (κ3) is 17.4. The summed E-state index contributed by atoms with van der Waals surface area (Å²) in [5, 5.41) is 11.5. The van der Waals surface area contributed by atoms with Gasteiger partial charge in [0.1, 0.15) is 5.75 Å². The van der Waals surface area contributed by atoms with Gasteiger partial charge in [-0.25, -0.2) is 0 Å². The summed E-state index contributed by atoms with van der Waals surface area (Å²) in [7, 11) is -3.91. The van der Waals surface area contributed by atoms with E-state index in [1.54, 1.807) is 12.1 Å². The molecule has 0 bridgehead atoms. The fourth-order valence-corrected chi connectivity index (χ4v) is 4.20. The van der Waals surface area contributed by atoms with E-state index in [2.05, 4.69) is 5.32 Å². The Hall–Kier alpha value is -2.13. The van der Waals surface area contributed by atoms with Gasteiger partial charge in [-0.3, -0.25) is 14.1 Å². The van der Waals surface area contributed by atoms with E-state index in [4.69, 9.17) is 14.4 Å². The minimum atomic E-state index is -3.91. The SMILES string of the molecule is O=C(O)CCCCCCCCCCCCC(=O)Nc1ccccc1OCCCCCS(=O)(=O)O. The molecule has 1 rings (SSSR count). The Bertz CT molecular complexity index is 811. The highest BCUT2D eigenvalue weighted by Crippen LogP contribution is 2.24. The lowest BCUT2D eigenvalue weighted by Gasteiger charge is -2.12. The number of hydrogen-bond donors (Lipinski definition) is 3. The monoisotopic (exact) mass is 499 g/mol. The Labute approximate surface area is 204 Å². The molecule has 0 atom stereocenters. The lowest BCUT2D eigenvalue weighted by Crippen LogP contribution is -2.12. The van der Waals surface area contributed by atoms with Crippen LogP contribution in [0.25, 0.3) is 0 Å². The molecule has 9 heteroatoms. The normalized spacial score (nSPS) is 11.3. The van der Waals surface area contributed by atoms with Crippen molar-refractivity contribution in [3.05, 3.63) is 24.3 Å². The third-order valence-corrected chi connectivity index (χ3v) is 6.31. The molecule has 0 aliphatic carbocycles. The first kappa shape index (κ1) is 29.9. The first-order chi connectivity index (χ1) is 16.3. The highest BCUT2D eigenvalue weighted by Gasteiger charge is 2.08. The number of para-hydroxylation sites is 2. The second-order valence-electron chi connectivity index (χ2n) is 8.67. The van der Waals surface area contributed by atoms with E-state index in [1.165, 1.54) is 12.8 Å². The van der Waals surface area contributed by atoms with E-state index in [0.717, 1.165) is 51.4 Å². The van der Waals surface area contributed by atoms with Crippen molar-refractivity contribution in [1.82, 2.24) is 0 Å². The van der Waals surface area contributed by atoms with Crippen LogP contribution in [0.4, 0.5) is 5.69 Å². The minimum Gasteiger partial charge on any atom is -0.491 e. The summed E-state index contributed by atoms with van der Waals surface area (Å²) in [5.74, 6) is -0.398. The second kappa shape index (κ2) is 18.2. The van der Waals surface area contributed by atoms with Crippen molar-refractivity contribution in [1.29, 1.82) is 0 Å². The summed E-state index contributed by atoms with van der Waals surface area (Å²) in [6.45, 7) is 0.403. The molecule has 3 N–H and O–H groups in total. The molecule has 1 amide bonds. The lowest BCUT2D eigenvalue weighted by molar-refractivity contribution is -0.137. The number of carboxylic acids is 1. The maximum Gasteiger partial charge on any atom is 0.303 e. The van der Waals surface area contributed by atoms with Crippen LogP contribution in [0.5, 0.6) is 5.75 Å². The fourth-order valence-electron chi connectivity index (χ4n) is 3.63. The van der Waals surface area contributed by atoms with Crippen LogP contribution in [0.2, 0.25) is 0 Å². The summed E-state index contributed by atoms with van der Waals surface area (Å²) in [5.41, 5.74) is 0.633. The highest BCUT2D eigenvalue weighted by atomic mass is 32.2. The van der Waals surface area contributed by atoms with Gasteiger partial charge in [-0.15, -0.1) is 0 Å². The molecule has 0 fully saturated rings. The summed E-state index contributed by atoms with van der Waals surface area (Å²) < 4.78 is 35.9. The number of unbranched alkanes of at least 4 members (excludes halogenated alkanes) is 11. The third-order valence-electron chi connectivity index (χ3n) is 5.51. The summed E-state index contributed by atoms with van der Waals surface area (Å²) in [4.78, 5) is 22.7. The Balaban J connectivity index is 2.09. The van der Waals surface area contributed by atoms with Crippen LogP contribution >= 0.6 is 0 Å². The number of ether oxygens (including phenoxy) is 1. The van der Waals surface area contributed by atoms with Gasteiger partial charge in [0.25, 0.3) is 10.1 Å². The number of benzene rings is 1. The fraction of sp³-hybridized carbons (Fsp3) is 0.680. The van der Waals surface area contributed by atoms with Crippen molar-refractivity contribution < 1.29 is 32.4 Å². The first-order valence-electron chi connectivity index (χ1n) is 12.5. The molecule has 0 aliphatic rings. The van der Waals surface area contributed by atoms with E-state index >= 15 is 0 Å². The van der Waals surface area contributed by atoms with Gasteiger partial charge in [-0.1, -0.05) is 63.5 Å². The van der Waals surface area contributed by atoms with E-state index in [9.17, 15) is 18.0 Å². The molecular weight excluding hydrogens is 458 g/mol. The molecule has 0 aliphatic heterocycles. The van der Waals surface area contributed by atoms with Crippen LogP contribution in [0.1, 0.15) is 96.3 Å². The lowest BCUT2D eigenvalue weighted by atomic mass is 10.1. The van der Waals surface area contributed by atoms with Gasteiger partial charge in [0.15, 0.2) is 0 Å². The molecule has 0 unspecified atom stereocenters. The van der Waals surface area contributed by atoms with Crippen molar-refractivity contribution in [2.24, 2.45) is 0 Å². The van der Waals surface area contributed by atoms with Gasteiger partial charge in [0, 0.05) is 12.8 Å². The van der Waals surface area contributed by atoms with Crippen LogP contribution in [-0.4, -0.2) is 42.3 Å². The van der Waals surface area contributed by atoms with Gasteiger partial charge in [-0.2, -0.15) is 8.42 Å². The van der Waals surface area contributed by atoms with Gasteiger partial charge in [0.05, 0.1) is 18.0 Å². The predicted molar refractivity (Wildman–Crippen MR) is 134 cm³/mol. The molecule has 8 nitrogen and oxygen atoms in total. The van der Waals surface area contributed by atoms with E-state index in [1.807, 2.05) is 12.1 Å². The van der Waals surface area contributed by atoms with Gasteiger partial charge < -0.3 is 15.2 Å². The van der Waals surface area contributed by atoms with Crippen LogP contribution in [0.15, 0.2) is 24.3 Å². The summed E-state index contributed by atoms with van der Waals surface area (Å²) in [6, 6.07) is 7.26. The van der Waals surface area contributed by atoms with Crippen molar-refractivity contribution >= 4 is 27.7 Å². The average Bonchev–Trinajstić information content (AvgIpc) is 2.77. The van der Waals surface area contributed by atoms with Crippen LogP contribution in [0, 0.1) is 0 Å². The quantitative estimate of drug-likeness (QED) is 0.143. The minimum absolute atomic E-state index is 0.0365. The first-order valence-corrected chi connectivity index (χ1v) is 14.1. The number of rotatable bonds is 21. The Morgan fingerprint density at radius 3 is 1.88 bits per heavy atom. The second-order valence-corrected chi connectivity index (χ2v) is 10.2. The standard InChI is InChI=1S/C25H41NO7S/c27-24(18-10-7-5-3-1-2-4-6-8-11-19-25(28)29)26-22-16-12-13-17-23(22)33-20-14-9-15-21-34(30,31)32/h12-13,16-17H,1-11,14-15,18-21H2,(H,26,27)(H,28,29)(H,30,31,32). The van der Waals surface area contributed by atoms with Gasteiger partial charge in [-0.05, 0) is 44.2 Å². The van der Waals surface area contributed by atoms with Gasteiger partial charge >= 0.3 is 5.97 Å². The molecule has 194 valence electrons. The Morgan fingerprint density at radius 1 is 0.765 bits per heavy atom. The number of hydrogen-bond acceptors (Lipinski definition) is 5. The van der Waals surface area contributed by atoms with Crippen molar-refractivity contribution in [2.45, 2.75) is 96.3 Å². The molecule has 34 heavy (non-hydrogen) atoms. The summed E-state index contributed by atoms with van der Waals surface area (Å²) >= 11 is 0. The molecule has 0 radical (unpaired) electrons. The highest BCUT2D eigenvalue weighted by molar-refractivity contribution is 7.85.